The third kappa shape index (κ3) is 2.54. The van der Waals surface area contributed by atoms with Gasteiger partial charge in [-0.2, -0.15) is 11.8 Å². The summed E-state index contributed by atoms with van der Waals surface area (Å²) in [6, 6.07) is 4.60. The van der Waals surface area contributed by atoms with Crippen LogP contribution in [0.4, 0.5) is 10.3 Å². The van der Waals surface area contributed by atoms with Gasteiger partial charge >= 0.3 is 0 Å². The van der Waals surface area contributed by atoms with Crippen molar-refractivity contribution >= 4 is 28.7 Å². The molecule has 0 radical (unpaired) electrons. The van der Waals surface area contributed by atoms with Gasteiger partial charge in [-0.25, -0.2) is 9.37 Å². The first-order valence-electron chi connectivity index (χ1n) is 5.52. The highest BCUT2D eigenvalue weighted by atomic mass is 32.2. The summed E-state index contributed by atoms with van der Waals surface area (Å²) in [5.41, 5.74) is 7.39. The first-order valence-corrected chi connectivity index (χ1v) is 6.91. The minimum atomic E-state index is -0.278. The van der Waals surface area contributed by atoms with E-state index in [1.807, 2.05) is 16.3 Å². The number of anilines is 1. The molecule has 0 saturated heterocycles. The van der Waals surface area contributed by atoms with Gasteiger partial charge in [0.15, 0.2) is 0 Å². The maximum absolute atomic E-state index is 13.1. The lowest BCUT2D eigenvalue weighted by molar-refractivity contribution is 0.546. The van der Waals surface area contributed by atoms with Crippen LogP contribution < -0.4 is 5.73 Å². The van der Waals surface area contributed by atoms with Crippen LogP contribution in [0.25, 0.3) is 11.0 Å². The van der Waals surface area contributed by atoms with Gasteiger partial charge in [-0.3, -0.25) is 0 Å². The van der Waals surface area contributed by atoms with Crippen LogP contribution in [0, 0.1) is 11.7 Å². The molecule has 1 unspecified atom stereocenters. The van der Waals surface area contributed by atoms with Crippen molar-refractivity contribution in [3.63, 3.8) is 0 Å². The molecule has 2 N–H and O–H groups in total. The second-order valence-electron chi connectivity index (χ2n) is 4.27. The molecule has 2 rings (SSSR count). The zero-order valence-corrected chi connectivity index (χ0v) is 10.8. The van der Waals surface area contributed by atoms with Crippen LogP contribution in [0.3, 0.4) is 0 Å². The average molecular weight is 253 g/mol. The van der Waals surface area contributed by atoms with Crippen LogP contribution in [-0.4, -0.2) is 21.6 Å². The molecule has 1 atom stereocenters. The van der Waals surface area contributed by atoms with Crippen molar-refractivity contribution in [1.29, 1.82) is 0 Å². The normalized spacial score (nSPS) is 13.1. The number of thioether (sulfide) groups is 1. The van der Waals surface area contributed by atoms with Crippen LogP contribution in [0.1, 0.15) is 6.92 Å². The van der Waals surface area contributed by atoms with E-state index in [9.17, 15) is 4.39 Å². The summed E-state index contributed by atoms with van der Waals surface area (Å²) in [7, 11) is 0. The molecule has 5 heteroatoms. The van der Waals surface area contributed by atoms with Crippen molar-refractivity contribution in [2.24, 2.45) is 5.92 Å². The fraction of sp³-hybridized carbons (Fsp3) is 0.417. The third-order valence-corrected chi connectivity index (χ3v) is 3.59. The zero-order valence-electron chi connectivity index (χ0n) is 9.98. The molecule has 0 fully saturated rings. The summed E-state index contributed by atoms with van der Waals surface area (Å²) in [6.07, 6.45) is 2.08. The Kier molecular flexibility index (Phi) is 3.57. The Labute approximate surface area is 104 Å². The smallest absolute Gasteiger partial charge is 0.201 e. The van der Waals surface area contributed by atoms with Crippen LogP contribution in [0.2, 0.25) is 0 Å². The Morgan fingerprint density at radius 1 is 1.53 bits per heavy atom. The SMILES string of the molecule is CSCC(C)Cn1c(N)nc2cc(F)ccc21. The van der Waals surface area contributed by atoms with Gasteiger partial charge in [0.1, 0.15) is 5.82 Å². The molecule has 2 aromatic rings. The number of halogens is 1. The van der Waals surface area contributed by atoms with E-state index in [2.05, 4.69) is 18.2 Å². The molecule has 92 valence electrons. The van der Waals surface area contributed by atoms with E-state index >= 15 is 0 Å². The lowest BCUT2D eigenvalue weighted by Gasteiger charge is -2.12. The van der Waals surface area contributed by atoms with Crippen molar-refractivity contribution in [1.82, 2.24) is 9.55 Å². The van der Waals surface area contributed by atoms with Gasteiger partial charge in [-0.15, -0.1) is 0 Å². The standard InChI is InChI=1S/C12H16FN3S/c1-8(7-17-2)6-16-11-4-3-9(13)5-10(11)15-12(16)14/h3-5,8H,6-7H2,1-2H3,(H2,14,15). The number of hydrogen-bond acceptors (Lipinski definition) is 3. The van der Waals surface area contributed by atoms with E-state index < -0.39 is 0 Å². The number of nitrogen functional groups attached to an aromatic ring is 1. The molecule has 0 aliphatic rings. The molecule has 0 amide bonds. The summed E-state index contributed by atoms with van der Waals surface area (Å²) in [4.78, 5) is 4.18. The quantitative estimate of drug-likeness (QED) is 0.911. The minimum Gasteiger partial charge on any atom is -0.369 e. The van der Waals surface area contributed by atoms with Crippen LogP contribution in [-0.2, 0) is 6.54 Å². The molecular formula is C12H16FN3S. The lowest BCUT2D eigenvalue weighted by Crippen LogP contribution is -2.12. The van der Waals surface area contributed by atoms with Gasteiger partial charge < -0.3 is 10.3 Å². The van der Waals surface area contributed by atoms with Gasteiger partial charge in [0.2, 0.25) is 5.95 Å². The topological polar surface area (TPSA) is 43.8 Å². The van der Waals surface area contributed by atoms with Gasteiger partial charge in [-0.05, 0) is 30.1 Å². The molecule has 1 aromatic carbocycles. The highest BCUT2D eigenvalue weighted by molar-refractivity contribution is 7.98. The monoisotopic (exact) mass is 253 g/mol. The molecular weight excluding hydrogens is 237 g/mol. The summed E-state index contributed by atoms with van der Waals surface area (Å²) < 4.78 is 15.0. The fourth-order valence-corrected chi connectivity index (χ4v) is 2.64. The highest BCUT2D eigenvalue weighted by Gasteiger charge is 2.11. The lowest BCUT2D eigenvalue weighted by atomic mass is 10.2. The number of hydrogen-bond donors (Lipinski definition) is 1. The third-order valence-electron chi connectivity index (χ3n) is 2.69. The Morgan fingerprint density at radius 3 is 3.00 bits per heavy atom. The summed E-state index contributed by atoms with van der Waals surface area (Å²) in [6.45, 7) is 2.99. The van der Waals surface area contributed by atoms with Crippen molar-refractivity contribution in [3.8, 4) is 0 Å². The molecule has 1 heterocycles. The first kappa shape index (κ1) is 12.2. The number of nitrogens with zero attached hydrogens (tertiary/aromatic N) is 2. The Balaban J connectivity index is 2.36. The Bertz CT molecular complexity index is 524. The van der Waals surface area contributed by atoms with Gasteiger partial charge in [-0.1, -0.05) is 6.92 Å². The second kappa shape index (κ2) is 4.96. The van der Waals surface area contributed by atoms with Crippen molar-refractivity contribution in [2.45, 2.75) is 13.5 Å². The maximum Gasteiger partial charge on any atom is 0.201 e. The maximum atomic E-state index is 13.1. The average Bonchev–Trinajstić information content (AvgIpc) is 2.55. The number of nitrogens with two attached hydrogens (primary N) is 1. The largest absolute Gasteiger partial charge is 0.369 e. The van der Waals surface area contributed by atoms with Gasteiger partial charge in [0.25, 0.3) is 0 Å². The van der Waals surface area contributed by atoms with E-state index in [4.69, 9.17) is 5.73 Å². The molecule has 17 heavy (non-hydrogen) atoms. The Hall–Kier alpha value is -1.23. The van der Waals surface area contributed by atoms with Gasteiger partial charge in [0.05, 0.1) is 11.0 Å². The molecule has 0 bridgehead atoms. The van der Waals surface area contributed by atoms with Crippen LogP contribution in [0.15, 0.2) is 18.2 Å². The summed E-state index contributed by atoms with van der Waals surface area (Å²) in [5.74, 6) is 1.76. The first-order chi connectivity index (χ1) is 8.11. The van der Waals surface area contributed by atoms with E-state index in [0.717, 1.165) is 17.8 Å². The second-order valence-corrected chi connectivity index (χ2v) is 5.18. The van der Waals surface area contributed by atoms with E-state index in [0.29, 0.717) is 17.4 Å². The number of fused-ring (bicyclic) bond motifs is 1. The summed E-state index contributed by atoms with van der Waals surface area (Å²) >= 11 is 1.81. The predicted octanol–water partition coefficient (Wildman–Crippen LogP) is 2.76. The van der Waals surface area contributed by atoms with E-state index in [-0.39, 0.29) is 5.82 Å². The summed E-state index contributed by atoms with van der Waals surface area (Å²) in [5, 5.41) is 0. The molecule has 1 aromatic heterocycles. The predicted molar refractivity (Wildman–Crippen MR) is 71.6 cm³/mol. The molecule has 3 nitrogen and oxygen atoms in total. The van der Waals surface area contributed by atoms with Crippen molar-refractivity contribution in [2.75, 3.05) is 17.7 Å². The van der Waals surface area contributed by atoms with Crippen LogP contribution >= 0.6 is 11.8 Å². The fourth-order valence-electron chi connectivity index (χ4n) is 1.96. The number of imidazole rings is 1. The number of aromatic nitrogens is 2. The number of benzene rings is 1. The zero-order chi connectivity index (χ0) is 12.4. The molecule has 0 aliphatic carbocycles. The van der Waals surface area contributed by atoms with Gasteiger partial charge in [0, 0.05) is 12.6 Å². The van der Waals surface area contributed by atoms with E-state index in [1.54, 1.807) is 6.07 Å². The Morgan fingerprint density at radius 2 is 2.29 bits per heavy atom. The van der Waals surface area contributed by atoms with E-state index in [1.165, 1.54) is 12.1 Å². The van der Waals surface area contributed by atoms with Crippen molar-refractivity contribution < 1.29 is 4.39 Å². The number of rotatable bonds is 4. The minimum absolute atomic E-state index is 0.278. The molecule has 0 aliphatic heterocycles. The van der Waals surface area contributed by atoms with Crippen molar-refractivity contribution in [3.05, 3.63) is 24.0 Å². The highest BCUT2D eigenvalue weighted by Crippen LogP contribution is 2.21. The van der Waals surface area contributed by atoms with Crippen LogP contribution in [0.5, 0.6) is 0 Å². The molecule has 0 spiro atoms. The molecule has 0 saturated carbocycles.